The van der Waals surface area contributed by atoms with Crippen LogP contribution in [0.5, 0.6) is 0 Å². The number of hydrogen-bond acceptors (Lipinski definition) is 4. The molecule has 6 heteroatoms. The summed E-state index contributed by atoms with van der Waals surface area (Å²) in [6.07, 6.45) is 1.58. The van der Waals surface area contributed by atoms with Crippen LogP contribution >= 0.6 is 0 Å². The smallest absolute Gasteiger partial charge is 0.150 e. The summed E-state index contributed by atoms with van der Waals surface area (Å²) in [6, 6.07) is 7.25. The Balaban J connectivity index is 2.21. The zero-order valence-electron chi connectivity index (χ0n) is 13.1. The molecule has 0 fully saturated rings. The van der Waals surface area contributed by atoms with Crippen molar-refractivity contribution in [3.8, 4) is 6.07 Å². The van der Waals surface area contributed by atoms with Crippen LogP contribution in [0.15, 0.2) is 34.9 Å². The fourth-order valence-corrected chi connectivity index (χ4v) is 2.56. The number of halogens is 2. The summed E-state index contributed by atoms with van der Waals surface area (Å²) in [4.78, 5) is 2.13. The summed E-state index contributed by atoms with van der Waals surface area (Å²) in [7, 11) is 0. The number of rotatable bonds is 7. The molecule has 0 aliphatic rings. The molecule has 1 aromatic carbocycles. The van der Waals surface area contributed by atoms with Gasteiger partial charge in [-0.15, -0.1) is 0 Å². The van der Waals surface area contributed by atoms with E-state index in [1.807, 2.05) is 19.9 Å². The average Bonchev–Trinajstić information content (AvgIpc) is 3.07. The molecule has 4 nitrogen and oxygen atoms in total. The van der Waals surface area contributed by atoms with Gasteiger partial charge in [0.15, 0.2) is 11.6 Å². The Kier molecular flexibility index (Phi) is 5.72. The highest BCUT2D eigenvalue weighted by atomic mass is 19.1. The fraction of sp³-hybridized carbons (Fsp3) is 0.353. The minimum Gasteiger partial charge on any atom is -0.468 e. The Labute approximate surface area is 134 Å². The molecule has 1 atom stereocenters. The maximum Gasteiger partial charge on any atom is 0.150 e. The van der Waals surface area contributed by atoms with Crippen LogP contribution in [-0.4, -0.2) is 24.5 Å². The molecule has 0 aliphatic heterocycles. The van der Waals surface area contributed by atoms with Crippen molar-refractivity contribution in [3.05, 3.63) is 53.5 Å². The summed E-state index contributed by atoms with van der Waals surface area (Å²) in [5.41, 5.74) is -0.274. The first kappa shape index (κ1) is 17.0. The quantitative estimate of drug-likeness (QED) is 0.840. The lowest BCUT2D eigenvalue weighted by Gasteiger charge is -2.28. The molecule has 0 radical (unpaired) electrons. The molecule has 2 rings (SSSR count). The van der Waals surface area contributed by atoms with Crippen molar-refractivity contribution in [2.24, 2.45) is 0 Å². The first-order valence-electron chi connectivity index (χ1n) is 7.51. The number of nitriles is 1. The van der Waals surface area contributed by atoms with E-state index in [4.69, 9.17) is 9.68 Å². The van der Waals surface area contributed by atoms with Crippen LogP contribution in [0.3, 0.4) is 0 Å². The summed E-state index contributed by atoms with van der Waals surface area (Å²) in [6.45, 7) is 5.88. The second-order valence-corrected chi connectivity index (χ2v) is 5.06. The minimum atomic E-state index is -0.778. The van der Waals surface area contributed by atoms with Crippen molar-refractivity contribution in [3.63, 3.8) is 0 Å². The van der Waals surface area contributed by atoms with Crippen molar-refractivity contribution in [2.75, 3.05) is 25.0 Å². The Morgan fingerprint density at radius 2 is 1.91 bits per heavy atom. The standard InChI is InChI=1S/C17H19F2N3O/c1-3-22(4-2)15(16-6-5-7-23-16)11-21-17-13(18)8-12(10-20)9-14(17)19/h5-9,15,21H,3-4,11H2,1-2H3. The predicted molar refractivity (Wildman–Crippen MR) is 83.9 cm³/mol. The summed E-state index contributed by atoms with van der Waals surface area (Å²) >= 11 is 0. The minimum absolute atomic E-state index is 0.0446. The van der Waals surface area contributed by atoms with E-state index in [1.54, 1.807) is 18.4 Å². The van der Waals surface area contributed by atoms with Crippen LogP contribution in [0.2, 0.25) is 0 Å². The van der Waals surface area contributed by atoms with Gasteiger partial charge in [0.2, 0.25) is 0 Å². The Morgan fingerprint density at radius 1 is 1.26 bits per heavy atom. The summed E-state index contributed by atoms with van der Waals surface area (Å²) in [5.74, 6) is -0.825. The average molecular weight is 319 g/mol. The van der Waals surface area contributed by atoms with Crippen molar-refractivity contribution in [1.82, 2.24) is 4.90 Å². The maximum atomic E-state index is 14.0. The number of anilines is 1. The van der Waals surface area contributed by atoms with Gasteiger partial charge in [-0.1, -0.05) is 13.8 Å². The number of furan rings is 1. The summed E-state index contributed by atoms with van der Waals surface area (Å²) in [5, 5.41) is 11.5. The van der Waals surface area contributed by atoms with E-state index in [2.05, 4.69) is 10.2 Å². The molecule has 1 heterocycles. The second-order valence-electron chi connectivity index (χ2n) is 5.06. The van der Waals surface area contributed by atoms with E-state index >= 15 is 0 Å². The molecule has 122 valence electrons. The fourth-order valence-electron chi connectivity index (χ4n) is 2.56. The van der Waals surface area contributed by atoms with Gasteiger partial charge in [0.1, 0.15) is 11.4 Å². The Morgan fingerprint density at radius 3 is 2.39 bits per heavy atom. The highest BCUT2D eigenvalue weighted by Crippen LogP contribution is 2.25. The molecular formula is C17H19F2N3O. The number of nitrogens with one attached hydrogen (secondary N) is 1. The van der Waals surface area contributed by atoms with Crippen molar-refractivity contribution in [2.45, 2.75) is 19.9 Å². The van der Waals surface area contributed by atoms with Crippen molar-refractivity contribution < 1.29 is 13.2 Å². The van der Waals surface area contributed by atoms with Gasteiger partial charge in [0, 0.05) is 6.54 Å². The van der Waals surface area contributed by atoms with Gasteiger partial charge >= 0.3 is 0 Å². The molecule has 0 bridgehead atoms. The zero-order chi connectivity index (χ0) is 16.8. The highest BCUT2D eigenvalue weighted by Gasteiger charge is 2.22. The van der Waals surface area contributed by atoms with E-state index < -0.39 is 11.6 Å². The normalized spacial score (nSPS) is 12.2. The van der Waals surface area contributed by atoms with Crippen LogP contribution in [0.25, 0.3) is 0 Å². The molecule has 1 aromatic heterocycles. The van der Waals surface area contributed by atoms with Gasteiger partial charge in [0.05, 0.1) is 23.9 Å². The summed E-state index contributed by atoms with van der Waals surface area (Å²) < 4.78 is 33.4. The molecule has 1 unspecified atom stereocenters. The predicted octanol–water partition coefficient (Wildman–Crippen LogP) is 3.92. The molecule has 0 saturated heterocycles. The molecule has 2 aromatic rings. The first-order valence-corrected chi connectivity index (χ1v) is 7.51. The number of nitrogens with zero attached hydrogens (tertiary/aromatic N) is 2. The highest BCUT2D eigenvalue weighted by molar-refractivity contribution is 5.50. The molecule has 23 heavy (non-hydrogen) atoms. The van der Waals surface area contributed by atoms with Gasteiger partial charge in [-0.3, -0.25) is 4.90 Å². The van der Waals surface area contributed by atoms with Gasteiger partial charge in [0.25, 0.3) is 0 Å². The Hall–Kier alpha value is -2.39. The largest absolute Gasteiger partial charge is 0.468 e. The van der Waals surface area contributed by atoms with Crippen LogP contribution in [0.1, 0.15) is 31.2 Å². The van der Waals surface area contributed by atoms with Crippen LogP contribution in [0.4, 0.5) is 14.5 Å². The van der Waals surface area contributed by atoms with Crippen molar-refractivity contribution in [1.29, 1.82) is 5.26 Å². The third-order valence-corrected chi connectivity index (χ3v) is 3.77. The topological polar surface area (TPSA) is 52.2 Å². The molecule has 0 aliphatic carbocycles. The van der Waals surface area contributed by atoms with Crippen molar-refractivity contribution >= 4 is 5.69 Å². The molecule has 1 N–H and O–H groups in total. The third-order valence-electron chi connectivity index (χ3n) is 3.77. The molecule has 0 amide bonds. The number of hydrogen-bond donors (Lipinski definition) is 1. The lowest BCUT2D eigenvalue weighted by Crippen LogP contribution is -2.33. The van der Waals surface area contributed by atoms with E-state index in [-0.39, 0.29) is 23.8 Å². The molecule has 0 saturated carbocycles. The van der Waals surface area contributed by atoms with E-state index in [1.165, 1.54) is 0 Å². The van der Waals surface area contributed by atoms with Crippen LogP contribution in [0, 0.1) is 23.0 Å². The van der Waals surface area contributed by atoms with Crippen LogP contribution < -0.4 is 5.32 Å². The monoisotopic (exact) mass is 319 g/mol. The van der Waals surface area contributed by atoms with E-state index in [0.29, 0.717) is 0 Å². The Bertz CT molecular complexity index is 653. The third kappa shape index (κ3) is 3.88. The SMILES string of the molecule is CCN(CC)C(CNc1c(F)cc(C#N)cc1F)c1ccco1. The van der Waals surface area contributed by atoms with E-state index in [0.717, 1.165) is 31.0 Å². The maximum absolute atomic E-state index is 14.0. The van der Waals surface area contributed by atoms with Gasteiger partial charge < -0.3 is 9.73 Å². The van der Waals surface area contributed by atoms with Gasteiger partial charge in [-0.05, 0) is 37.4 Å². The lowest BCUT2D eigenvalue weighted by atomic mass is 10.1. The second kappa shape index (κ2) is 7.75. The molecule has 0 spiro atoms. The van der Waals surface area contributed by atoms with Gasteiger partial charge in [-0.25, -0.2) is 8.78 Å². The van der Waals surface area contributed by atoms with Crippen LogP contribution in [-0.2, 0) is 0 Å². The van der Waals surface area contributed by atoms with E-state index in [9.17, 15) is 8.78 Å². The number of benzene rings is 1. The zero-order valence-corrected chi connectivity index (χ0v) is 13.1. The molecular weight excluding hydrogens is 300 g/mol. The first-order chi connectivity index (χ1) is 11.1. The van der Waals surface area contributed by atoms with Gasteiger partial charge in [-0.2, -0.15) is 5.26 Å². The number of likely N-dealkylation sites (N-methyl/N-ethyl adjacent to an activating group) is 1. The lowest BCUT2D eigenvalue weighted by molar-refractivity contribution is 0.201.